The van der Waals surface area contributed by atoms with Gasteiger partial charge in [-0.3, -0.25) is 29.9 Å². The van der Waals surface area contributed by atoms with Gasteiger partial charge in [-0.15, -0.1) is 12.4 Å². The van der Waals surface area contributed by atoms with Gasteiger partial charge in [0.25, 0.3) is 17.3 Å². The molecule has 13 heteroatoms. The molecule has 1 heterocycles. The van der Waals surface area contributed by atoms with Crippen LogP contribution in [0.5, 0.6) is 0 Å². The first kappa shape index (κ1) is 25.0. The molecule has 0 spiro atoms. The predicted octanol–water partition coefficient (Wildman–Crippen LogP) is 4.27. The summed E-state index contributed by atoms with van der Waals surface area (Å²) in [6.07, 6.45) is 0.536. The van der Waals surface area contributed by atoms with Crippen molar-refractivity contribution >= 4 is 56.4 Å². The summed E-state index contributed by atoms with van der Waals surface area (Å²) in [7, 11) is 3.73. The molecule has 0 radical (unpaired) electrons. The summed E-state index contributed by atoms with van der Waals surface area (Å²) < 4.78 is 14.6. The highest BCUT2D eigenvalue weighted by molar-refractivity contribution is 7.22. The maximum Gasteiger partial charge on any atom is 0.277 e. The highest BCUT2D eigenvalue weighted by atomic mass is 35.5. The molecular weight excluding hydrogens is 465 g/mol. The van der Waals surface area contributed by atoms with E-state index in [9.17, 15) is 29.4 Å². The molecule has 3 rings (SSSR count). The van der Waals surface area contributed by atoms with Gasteiger partial charge in [0.1, 0.15) is 11.3 Å². The molecule has 3 aromatic rings. The fourth-order valence-electron chi connectivity index (χ4n) is 2.93. The first-order chi connectivity index (χ1) is 14.7. The van der Waals surface area contributed by atoms with Crippen molar-refractivity contribution in [1.82, 2.24) is 9.88 Å². The van der Waals surface area contributed by atoms with Crippen molar-refractivity contribution in [3.05, 3.63) is 68.0 Å². The van der Waals surface area contributed by atoms with E-state index in [-0.39, 0.29) is 35.2 Å². The van der Waals surface area contributed by atoms with Crippen LogP contribution < -0.4 is 4.90 Å². The van der Waals surface area contributed by atoms with E-state index in [0.29, 0.717) is 17.7 Å². The van der Waals surface area contributed by atoms with Crippen molar-refractivity contribution in [3.63, 3.8) is 0 Å². The molecule has 0 fully saturated rings. The Hall–Kier alpha value is -3.22. The molecule has 2 aromatic carbocycles. The van der Waals surface area contributed by atoms with Crippen LogP contribution in [0.15, 0.2) is 36.4 Å². The first-order valence-electron chi connectivity index (χ1n) is 9.13. The molecule has 170 valence electrons. The number of hydrogen-bond donors (Lipinski definition) is 0. The number of nitrogens with zero attached hydrogens (tertiary/aromatic N) is 5. The number of nitro groups is 2. The third kappa shape index (κ3) is 5.52. The van der Waals surface area contributed by atoms with E-state index in [2.05, 4.69) is 4.98 Å². The summed E-state index contributed by atoms with van der Waals surface area (Å²) in [5, 5.41) is 22.6. The summed E-state index contributed by atoms with van der Waals surface area (Å²) in [4.78, 5) is 41.5. The van der Waals surface area contributed by atoms with Gasteiger partial charge in [0.2, 0.25) is 0 Å². The van der Waals surface area contributed by atoms with E-state index < -0.39 is 32.9 Å². The van der Waals surface area contributed by atoms with Crippen LogP contribution >= 0.6 is 23.7 Å². The molecule has 0 aliphatic rings. The zero-order chi connectivity index (χ0) is 22.7. The van der Waals surface area contributed by atoms with Gasteiger partial charge in [0.05, 0.1) is 26.2 Å². The maximum atomic E-state index is 14.1. The average molecular weight is 484 g/mol. The first-order valence-corrected chi connectivity index (χ1v) is 9.94. The van der Waals surface area contributed by atoms with Crippen molar-refractivity contribution in [1.29, 1.82) is 0 Å². The van der Waals surface area contributed by atoms with Crippen molar-refractivity contribution in [2.75, 3.05) is 32.1 Å². The van der Waals surface area contributed by atoms with Crippen molar-refractivity contribution in [3.8, 4) is 0 Å². The Morgan fingerprint density at radius 1 is 1.09 bits per heavy atom. The number of para-hydroxylation sites is 1. The Balaban J connectivity index is 0.00000363. The van der Waals surface area contributed by atoms with Crippen LogP contribution in [-0.4, -0.2) is 52.8 Å². The fraction of sp³-hybridized carbons (Fsp3) is 0.263. The molecule has 0 aliphatic carbocycles. The molecule has 0 saturated heterocycles. The number of hydrogen-bond acceptors (Lipinski definition) is 8. The SMILES string of the molecule is CN(C)CCCN(C(=O)c1cc([N+](=O)[O-])cc([N+](=O)[O-])c1)c1nc2c(F)cccc2s1.Cl. The van der Waals surface area contributed by atoms with E-state index in [1.165, 1.54) is 17.0 Å². The topological polar surface area (TPSA) is 123 Å². The second-order valence-corrected chi connectivity index (χ2v) is 7.96. The number of carbonyl (C=O) groups excluding carboxylic acids is 1. The third-order valence-electron chi connectivity index (χ3n) is 4.39. The molecule has 1 aromatic heterocycles. The molecule has 0 atom stereocenters. The number of carbonyl (C=O) groups is 1. The summed E-state index contributed by atoms with van der Waals surface area (Å²) in [5.74, 6) is -1.23. The zero-order valence-electron chi connectivity index (χ0n) is 17.1. The van der Waals surface area contributed by atoms with E-state index in [0.717, 1.165) is 29.5 Å². The minimum atomic E-state index is -0.798. The Morgan fingerprint density at radius 2 is 1.72 bits per heavy atom. The lowest BCUT2D eigenvalue weighted by Gasteiger charge is -2.21. The number of halogens is 2. The standard InChI is InChI=1S/C19H18FN5O5S.ClH/c1-22(2)7-4-8-23(19-21-17-15(20)5-3-6-16(17)31-19)18(26)12-9-13(24(27)28)11-14(10-12)25(29)30;/h3,5-6,9-11H,4,7-8H2,1-2H3;1H. The summed E-state index contributed by atoms with van der Waals surface area (Å²) in [5.41, 5.74) is -1.24. The normalized spacial score (nSPS) is 10.8. The Labute approximate surface area is 192 Å². The number of nitro benzene ring substituents is 2. The summed E-state index contributed by atoms with van der Waals surface area (Å²) >= 11 is 1.10. The van der Waals surface area contributed by atoms with Crippen LogP contribution in [-0.2, 0) is 0 Å². The van der Waals surface area contributed by atoms with Crippen LogP contribution in [0, 0.1) is 26.0 Å². The van der Waals surface area contributed by atoms with Gasteiger partial charge in [-0.25, -0.2) is 9.37 Å². The van der Waals surface area contributed by atoms with Crippen LogP contribution in [0.4, 0.5) is 20.9 Å². The van der Waals surface area contributed by atoms with Gasteiger partial charge in [-0.2, -0.15) is 0 Å². The van der Waals surface area contributed by atoms with Gasteiger partial charge in [-0.1, -0.05) is 17.4 Å². The fourth-order valence-corrected chi connectivity index (χ4v) is 3.94. The van der Waals surface area contributed by atoms with Gasteiger partial charge in [-0.05, 0) is 39.2 Å². The summed E-state index contributed by atoms with van der Waals surface area (Å²) in [6.45, 7) is 0.826. The molecule has 0 saturated carbocycles. The molecule has 10 nitrogen and oxygen atoms in total. The van der Waals surface area contributed by atoms with Gasteiger partial charge < -0.3 is 4.90 Å². The van der Waals surface area contributed by atoms with E-state index in [1.807, 2.05) is 19.0 Å². The highest BCUT2D eigenvalue weighted by Gasteiger charge is 2.26. The average Bonchev–Trinajstić information content (AvgIpc) is 3.15. The lowest BCUT2D eigenvalue weighted by Crippen LogP contribution is -2.33. The number of anilines is 1. The quantitative estimate of drug-likeness (QED) is 0.346. The monoisotopic (exact) mass is 483 g/mol. The van der Waals surface area contributed by atoms with E-state index in [4.69, 9.17) is 0 Å². The molecule has 0 unspecified atom stereocenters. The maximum absolute atomic E-state index is 14.1. The predicted molar refractivity (Wildman–Crippen MR) is 121 cm³/mol. The van der Waals surface area contributed by atoms with Crippen molar-refractivity contribution in [2.45, 2.75) is 6.42 Å². The largest absolute Gasteiger partial charge is 0.309 e. The van der Waals surface area contributed by atoms with Gasteiger partial charge in [0.15, 0.2) is 5.13 Å². The zero-order valence-corrected chi connectivity index (χ0v) is 18.7. The highest BCUT2D eigenvalue weighted by Crippen LogP contribution is 2.32. The number of benzene rings is 2. The summed E-state index contributed by atoms with van der Waals surface area (Å²) in [6, 6.07) is 7.22. The van der Waals surface area contributed by atoms with Gasteiger partial charge in [0, 0.05) is 18.7 Å². The van der Waals surface area contributed by atoms with Crippen LogP contribution in [0.1, 0.15) is 16.8 Å². The third-order valence-corrected chi connectivity index (χ3v) is 5.44. The number of amides is 1. The molecule has 32 heavy (non-hydrogen) atoms. The Bertz CT molecular complexity index is 1140. The van der Waals surface area contributed by atoms with E-state index >= 15 is 0 Å². The van der Waals surface area contributed by atoms with E-state index in [1.54, 1.807) is 6.07 Å². The van der Waals surface area contributed by atoms with Crippen LogP contribution in [0.3, 0.4) is 0 Å². The van der Waals surface area contributed by atoms with Crippen molar-refractivity contribution < 1.29 is 19.0 Å². The lowest BCUT2D eigenvalue weighted by atomic mass is 10.1. The number of rotatable bonds is 8. The van der Waals surface area contributed by atoms with Gasteiger partial charge >= 0.3 is 0 Å². The number of non-ortho nitro benzene ring substituents is 2. The number of aromatic nitrogens is 1. The second-order valence-electron chi connectivity index (χ2n) is 6.95. The van der Waals surface area contributed by atoms with Crippen molar-refractivity contribution in [2.24, 2.45) is 0 Å². The minimum Gasteiger partial charge on any atom is -0.309 e. The lowest BCUT2D eigenvalue weighted by molar-refractivity contribution is -0.394. The number of thiazole rings is 1. The van der Waals surface area contributed by atoms with Crippen LogP contribution in [0.25, 0.3) is 10.2 Å². The number of fused-ring (bicyclic) bond motifs is 1. The Kier molecular flexibility index (Phi) is 8.14. The molecule has 0 aliphatic heterocycles. The second kappa shape index (κ2) is 10.4. The Morgan fingerprint density at radius 3 is 2.25 bits per heavy atom. The minimum absolute atomic E-state index is 0. The molecule has 0 N–H and O–H groups in total. The smallest absolute Gasteiger partial charge is 0.277 e. The molecule has 0 bridgehead atoms. The van der Waals surface area contributed by atoms with Crippen LogP contribution in [0.2, 0.25) is 0 Å². The molecular formula is C19H19ClFN5O5S. The molecule has 1 amide bonds.